The molecule has 2 aromatic carbocycles. The average molecular weight is 450 g/mol. The number of carbonyl (C=O) groups is 3. The van der Waals surface area contributed by atoms with Gasteiger partial charge in [-0.15, -0.1) is 0 Å². The van der Waals surface area contributed by atoms with Crippen molar-refractivity contribution in [2.24, 2.45) is 5.41 Å². The Kier molecular flexibility index (Phi) is 7.90. The molecule has 1 fully saturated rings. The van der Waals surface area contributed by atoms with Gasteiger partial charge < -0.3 is 15.5 Å². The molecule has 1 aliphatic heterocycles. The van der Waals surface area contributed by atoms with Crippen molar-refractivity contribution in [3.05, 3.63) is 65.7 Å². The molecule has 1 heterocycles. The molecule has 3 rings (SSSR count). The van der Waals surface area contributed by atoms with E-state index in [0.717, 1.165) is 24.8 Å². The first kappa shape index (κ1) is 24.5. The Hall–Kier alpha value is -3.15. The Bertz CT molecular complexity index is 974. The molecule has 0 bridgehead atoms. The SMILES string of the molecule is CCC(C(=O)N1CCC(NC(=O)c2cccc(NC(=O)C(C)(C)C)c2)CC1)c1ccccc1. The summed E-state index contributed by atoms with van der Waals surface area (Å²) in [7, 11) is 0. The van der Waals surface area contributed by atoms with Crippen LogP contribution in [0.3, 0.4) is 0 Å². The molecule has 1 atom stereocenters. The lowest BCUT2D eigenvalue weighted by Gasteiger charge is -2.34. The second-order valence-corrected chi connectivity index (χ2v) is 9.73. The predicted molar refractivity (Wildman–Crippen MR) is 131 cm³/mol. The topological polar surface area (TPSA) is 78.5 Å². The van der Waals surface area contributed by atoms with E-state index in [1.165, 1.54) is 0 Å². The van der Waals surface area contributed by atoms with Gasteiger partial charge in [-0.1, -0.05) is 64.1 Å². The third-order valence-corrected chi connectivity index (χ3v) is 6.11. The zero-order valence-electron chi connectivity index (χ0n) is 20.1. The van der Waals surface area contributed by atoms with Crippen molar-refractivity contribution in [2.75, 3.05) is 18.4 Å². The predicted octanol–water partition coefficient (Wildman–Crippen LogP) is 4.59. The van der Waals surface area contributed by atoms with Crippen LogP contribution in [0.4, 0.5) is 5.69 Å². The first-order chi connectivity index (χ1) is 15.7. The highest BCUT2D eigenvalue weighted by atomic mass is 16.2. The van der Waals surface area contributed by atoms with Crippen molar-refractivity contribution >= 4 is 23.4 Å². The van der Waals surface area contributed by atoms with E-state index in [9.17, 15) is 14.4 Å². The van der Waals surface area contributed by atoms with Gasteiger partial charge in [0, 0.05) is 35.8 Å². The molecule has 6 nitrogen and oxygen atoms in total. The molecule has 2 N–H and O–H groups in total. The van der Waals surface area contributed by atoms with Crippen molar-refractivity contribution in [3.63, 3.8) is 0 Å². The number of amides is 3. The van der Waals surface area contributed by atoms with Gasteiger partial charge in [0.15, 0.2) is 0 Å². The highest BCUT2D eigenvalue weighted by Crippen LogP contribution is 2.24. The minimum absolute atomic E-state index is 0.0196. The Balaban J connectivity index is 1.55. The van der Waals surface area contributed by atoms with Crippen molar-refractivity contribution in [3.8, 4) is 0 Å². The minimum atomic E-state index is -0.513. The number of hydrogen-bond donors (Lipinski definition) is 2. The van der Waals surface area contributed by atoms with Gasteiger partial charge in [-0.2, -0.15) is 0 Å². The molecule has 1 aliphatic rings. The smallest absolute Gasteiger partial charge is 0.251 e. The molecule has 0 radical (unpaired) electrons. The summed E-state index contributed by atoms with van der Waals surface area (Å²) >= 11 is 0. The van der Waals surface area contributed by atoms with Crippen molar-refractivity contribution in [2.45, 2.75) is 58.9 Å². The van der Waals surface area contributed by atoms with Crippen LogP contribution < -0.4 is 10.6 Å². The Morgan fingerprint density at radius 1 is 1.00 bits per heavy atom. The van der Waals surface area contributed by atoms with Gasteiger partial charge in [-0.05, 0) is 43.0 Å². The molecule has 33 heavy (non-hydrogen) atoms. The minimum Gasteiger partial charge on any atom is -0.349 e. The second kappa shape index (κ2) is 10.6. The molecule has 0 spiro atoms. The summed E-state index contributed by atoms with van der Waals surface area (Å²) in [5, 5.41) is 5.96. The van der Waals surface area contributed by atoms with E-state index in [1.54, 1.807) is 24.3 Å². The molecular formula is C27H35N3O3. The highest BCUT2D eigenvalue weighted by Gasteiger charge is 2.29. The summed E-state index contributed by atoms with van der Waals surface area (Å²) < 4.78 is 0. The number of anilines is 1. The zero-order valence-corrected chi connectivity index (χ0v) is 20.1. The molecule has 0 aromatic heterocycles. The van der Waals surface area contributed by atoms with Crippen LogP contribution in [0.2, 0.25) is 0 Å². The number of hydrogen-bond acceptors (Lipinski definition) is 3. The van der Waals surface area contributed by atoms with E-state index in [1.807, 2.05) is 62.9 Å². The Morgan fingerprint density at radius 3 is 2.27 bits per heavy atom. The lowest BCUT2D eigenvalue weighted by Crippen LogP contribution is -2.47. The van der Waals surface area contributed by atoms with Crippen LogP contribution in [0.25, 0.3) is 0 Å². The first-order valence-electron chi connectivity index (χ1n) is 11.7. The van der Waals surface area contributed by atoms with Crippen molar-refractivity contribution in [1.29, 1.82) is 0 Å². The number of likely N-dealkylation sites (tertiary alicyclic amines) is 1. The number of piperidine rings is 1. The van der Waals surface area contributed by atoms with Gasteiger partial charge in [0.1, 0.15) is 0 Å². The lowest BCUT2D eigenvalue weighted by molar-refractivity contribution is -0.134. The monoisotopic (exact) mass is 449 g/mol. The van der Waals surface area contributed by atoms with E-state index >= 15 is 0 Å². The van der Waals surface area contributed by atoms with Crippen molar-refractivity contribution in [1.82, 2.24) is 10.2 Å². The number of nitrogens with one attached hydrogen (secondary N) is 2. The standard InChI is InChI=1S/C27H35N3O3/c1-5-23(19-10-7-6-8-11-19)25(32)30-16-14-21(15-17-30)28-24(31)20-12-9-13-22(18-20)29-26(33)27(2,3)4/h6-13,18,21,23H,5,14-17H2,1-4H3,(H,28,31)(H,29,33). The van der Waals surface area contributed by atoms with Crippen LogP contribution in [0, 0.1) is 5.41 Å². The highest BCUT2D eigenvalue weighted by molar-refractivity contribution is 5.98. The van der Waals surface area contributed by atoms with Crippen LogP contribution in [-0.2, 0) is 9.59 Å². The maximum atomic E-state index is 13.1. The number of benzene rings is 2. The van der Waals surface area contributed by atoms with Gasteiger partial charge in [0.05, 0.1) is 5.92 Å². The van der Waals surface area contributed by atoms with Crippen LogP contribution in [0.5, 0.6) is 0 Å². The van der Waals surface area contributed by atoms with Gasteiger partial charge >= 0.3 is 0 Å². The van der Waals surface area contributed by atoms with Gasteiger partial charge in [-0.3, -0.25) is 14.4 Å². The van der Waals surface area contributed by atoms with E-state index in [4.69, 9.17) is 0 Å². The van der Waals surface area contributed by atoms with Gasteiger partial charge in [0.25, 0.3) is 5.91 Å². The maximum Gasteiger partial charge on any atom is 0.251 e. The molecule has 176 valence electrons. The summed E-state index contributed by atoms with van der Waals surface area (Å²) in [6.07, 6.45) is 2.22. The molecule has 0 aliphatic carbocycles. The quantitative estimate of drug-likeness (QED) is 0.677. The summed E-state index contributed by atoms with van der Waals surface area (Å²) in [5.74, 6) is -0.223. The van der Waals surface area contributed by atoms with Crippen molar-refractivity contribution < 1.29 is 14.4 Å². The summed E-state index contributed by atoms with van der Waals surface area (Å²) in [6.45, 7) is 8.85. The molecule has 2 aromatic rings. The fourth-order valence-corrected chi connectivity index (χ4v) is 4.03. The van der Waals surface area contributed by atoms with Crippen LogP contribution in [0.1, 0.15) is 68.8 Å². The van der Waals surface area contributed by atoms with E-state index in [0.29, 0.717) is 24.3 Å². The van der Waals surface area contributed by atoms with E-state index in [-0.39, 0.29) is 29.7 Å². The first-order valence-corrected chi connectivity index (χ1v) is 11.7. The van der Waals surface area contributed by atoms with E-state index < -0.39 is 5.41 Å². The Labute approximate surface area is 196 Å². The molecule has 0 saturated carbocycles. The fourth-order valence-electron chi connectivity index (χ4n) is 4.03. The molecule has 1 unspecified atom stereocenters. The third kappa shape index (κ3) is 6.44. The molecule has 6 heteroatoms. The summed E-state index contributed by atoms with van der Waals surface area (Å²) in [4.78, 5) is 40.0. The van der Waals surface area contributed by atoms with Crippen LogP contribution in [-0.4, -0.2) is 41.8 Å². The number of rotatable bonds is 6. The second-order valence-electron chi connectivity index (χ2n) is 9.73. The summed E-state index contributed by atoms with van der Waals surface area (Å²) in [6, 6.07) is 16.9. The van der Waals surface area contributed by atoms with Gasteiger partial charge in [-0.25, -0.2) is 0 Å². The average Bonchev–Trinajstić information content (AvgIpc) is 2.80. The van der Waals surface area contributed by atoms with Crippen LogP contribution in [0.15, 0.2) is 54.6 Å². The lowest BCUT2D eigenvalue weighted by atomic mass is 9.93. The number of carbonyl (C=O) groups excluding carboxylic acids is 3. The normalized spacial score (nSPS) is 15.6. The van der Waals surface area contributed by atoms with Crippen LogP contribution >= 0.6 is 0 Å². The third-order valence-electron chi connectivity index (χ3n) is 6.11. The number of nitrogens with zero attached hydrogens (tertiary/aromatic N) is 1. The molecular weight excluding hydrogens is 414 g/mol. The summed E-state index contributed by atoms with van der Waals surface area (Å²) in [5.41, 5.74) is 1.66. The fraction of sp³-hybridized carbons (Fsp3) is 0.444. The Morgan fingerprint density at radius 2 is 1.67 bits per heavy atom. The molecule has 3 amide bonds. The van der Waals surface area contributed by atoms with Gasteiger partial charge in [0.2, 0.25) is 11.8 Å². The maximum absolute atomic E-state index is 13.1. The van der Waals surface area contributed by atoms with E-state index in [2.05, 4.69) is 10.6 Å². The molecule has 1 saturated heterocycles. The largest absolute Gasteiger partial charge is 0.349 e. The zero-order chi connectivity index (χ0) is 24.0.